The van der Waals surface area contributed by atoms with Gasteiger partial charge in [0.25, 0.3) is 0 Å². The predicted octanol–water partition coefficient (Wildman–Crippen LogP) is 2.68. The molecule has 0 N–H and O–H groups in total. The topological polar surface area (TPSA) is 0 Å². The summed E-state index contributed by atoms with van der Waals surface area (Å²) in [5, 5.41) is 0. The molecule has 1 rings (SSSR count). The number of hydrogen-bond acceptors (Lipinski definition) is 0. The Kier molecular flexibility index (Phi) is 2.15. The molecule has 1 unspecified atom stereocenters. The number of alkyl halides is 1. The molecule has 0 nitrogen and oxygen atoms in total. The molecule has 0 saturated carbocycles. The molecule has 1 atom stereocenters. The van der Waals surface area contributed by atoms with Gasteiger partial charge in [-0.05, 0) is 22.6 Å². The van der Waals surface area contributed by atoms with Gasteiger partial charge in [0.15, 0.2) is 0 Å². The van der Waals surface area contributed by atoms with E-state index in [1.165, 1.54) is 3.58 Å². The molecule has 1 aliphatic carbocycles. The molecular formula is C5H4I2. The maximum absolute atomic E-state index is 2.40. The largest absolute Gasteiger partial charge is 0.0723 e. The smallest absolute Gasteiger partial charge is 0.0600 e. The molecular weight excluding hydrogens is 314 g/mol. The number of allylic oxidation sites excluding steroid dienone is 4. The molecule has 0 aliphatic heterocycles. The van der Waals surface area contributed by atoms with Crippen LogP contribution < -0.4 is 0 Å². The van der Waals surface area contributed by atoms with Crippen LogP contribution in [0.5, 0.6) is 0 Å². The first-order chi connectivity index (χ1) is 3.30. The molecule has 1 aliphatic rings. The van der Waals surface area contributed by atoms with Gasteiger partial charge in [-0.2, -0.15) is 0 Å². The molecule has 0 aromatic carbocycles. The van der Waals surface area contributed by atoms with Gasteiger partial charge in [-0.3, -0.25) is 0 Å². The highest BCUT2D eigenvalue weighted by Crippen LogP contribution is 2.25. The van der Waals surface area contributed by atoms with Crippen molar-refractivity contribution in [3.8, 4) is 0 Å². The molecule has 0 heterocycles. The van der Waals surface area contributed by atoms with Crippen LogP contribution in [0.25, 0.3) is 0 Å². The second-order valence-corrected chi connectivity index (χ2v) is 3.93. The van der Waals surface area contributed by atoms with Crippen molar-refractivity contribution in [1.82, 2.24) is 0 Å². The maximum Gasteiger partial charge on any atom is 0.0600 e. The van der Waals surface area contributed by atoms with Crippen LogP contribution in [0.15, 0.2) is 21.8 Å². The Morgan fingerprint density at radius 1 is 1.57 bits per heavy atom. The monoisotopic (exact) mass is 318 g/mol. The van der Waals surface area contributed by atoms with E-state index in [-0.39, 0.29) is 0 Å². The van der Waals surface area contributed by atoms with Gasteiger partial charge in [0, 0.05) is 3.58 Å². The summed E-state index contributed by atoms with van der Waals surface area (Å²) >= 11 is 4.74. The first kappa shape index (κ1) is 6.07. The summed E-state index contributed by atoms with van der Waals surface area (Å²) in [6.45, 7) is 0. The fourth-order valence-electron chi connectivity index (χ4n) is 0.429. The minimum absolute atomic E-state index is 0.651. The zero-order valence-electron chi connectivity index (χ0n) is 3.57. The van der Waals surface area contributed by atoms with Crippen molar-refractivity contribution in [2.24, 2.45) is 0 Å². The third-order valence-electron chi connectivity index (χ3n) is 0.799. The van der Waals surface area contributed by atoms with Crippen LogP contribution in [-0.2, 0) is 0 Å². The summed E-state index contributed by atoms with van der Waals surface area (Å²) in [4.78, 5) is 0. The number of rotatable bonds is 0. The summed E-state index contributed by atoms with van der Waals surface area (Å²) in [5.74, 6) is 0. The molecule has 0 aromatic heterocycles. The number of halogens is 2. The van der Waals surface area contributed by atoms with Crippen molar-refractivity contribution >= 4 is 45.2 Å². The van der Waals surface area contributed by atoms with Gasteiger partial charge in [-0.1, -0.05) is 40.8 Å². The van der Waals surface area contributed by atoms with E-state index in [1.807, 2.05) is 0 Å². The van der Waals surface area contributed by atoms with Crippen molar-refractivity contribution in [1.29, 1.82) is 0 Å². The molecule has 2 heteroatoms. The van der Waals surface area contributed by atoms with E-state index in [1.54, 1.807) is 0 Å². The molecule has 38 valence electrons. The Hall–Kier alpha value is 0.940. The SMILES string of the molecule is IC1=CC=CC1I. The second-order valence-electron chi connectivity index (χ2n) is 1.34. The van der Waals surface area contributed by atoms with Gasteiger partial charge in [-0.25, -0.2) is 0 Å². The maximum atomic E-state index is 2.40. The zero-order valence-corrected chi connectivity index (χ0v) is 7.88. The van der Waals surface area contributed by atoms with Crippen LogP contribution in [-0.4, -0.2) is 3.92 Å². The molecule has 0 fully saturated rings. The van der Waals surface area contributed by atoms with Gasteiger partial charge >= 0.3 is 0 Å². The normalized spacial score (nSPS) is 28.3. The average molecular weight is 318 g/mol. The van der Waals surface area contributed by atoms with Crippen LogP contribution in [0.2, 0.25) is 0 Å². The summed E-state index contributed by atoms with van der Waals surface area (Å²) in [6.07, 6.45) is 6.42. The lowest BCUT2D eigenvalue weighted by atomic mass is 10.5. The molecule has 0 bridgehead atoms. The average Bonchev–Trinajstić information content (AvgIpc) is 1.91. The standard InChI is InChI=1S/C5H4I2/c6-4-2-1-3-5(4)7/h1-4H. The van der Waals surface area contributed by atoms with Gasteiger partial charge in [0.05, 0.1) is 3.92 Å². The lowest BCUT2D eigenvalue weighted by molar-refractivity contribution is 1.53. The van der Waals surface area contributed by atoms with Crippen molar-refractivity contribution in [3.63, 3.8) is 0 Å². The van der Waals surface area contributed by atoms with Gasteiger partial charge in [0.1, 0.15) is 0 Å². The highest BCUT2D eigenvalue weighted by Gasteiger charge is 2.04. The van der Waals surface area contributed by atoms with Crippen LogP contribution in [0, 0.1) is 0 Å². The Morgan fingerprint density at radius 2 is 2.29 bits per heavy atom. The Morgan fingerprint density at radius 3 is 2.43 bits per heavy atom. The van der Waals surface area contributed by atoms with Gasteiger partial charge < -0.3 is 0 Å². The van der Waals surface area contributed by atoms with E-state index < -0.39 is 0 Å². The van der Waals surface area contributed by atoms with Crippen molar-refractivity contribution in [2.75, 3.05) is 0 Å². The van der Waals surface area contributed by atoms with Crippen LogP contribution in [0.1, 0.15) is 0 Å². The summed E-state index contributed by atoms with van der Waals surface area (Å²) in [5.41, 5.74) is 0. The molecule has 7 heavy (non-hydrogen) atoms. The molecule has 0 spiro atoms. The van der Waals surface area contributed by atoms with Crippen molar-refractivity contribution < 1.29 is 0 Å². The predicted molar refractivity (Wildman–Crippen MR) is 49.1 cm³/mol. The quantitative estimate of drug-likeness (QED) is 0.476. The molecule has 0 aromatic rings. The van der Waals surface area contributed by atoms with Crippen molar-refractivity contribution in [2.45, 2.75) is 3.92 Å². The first-order valence-electron chi connectivity index (χ1n) is 1.98. The lowest BCUT2D eigenvalue weighted by Gasteiger charge is -1.92. The summed E-state index contributed by atoms with van der Waals surface area (Å²) < 4.78 is 2.08. The van der Waals surface area contributed by atoms with Crippen LogP contribution >= 0.6 is 45.2 Å². The Bertz CT molecular complexity index is 124. The van der Waals surface area contributed by atoms with E-state index in [2.05, 4.69) is 63.4 Å². The lowest BCUT2D eigenvalue weighted by Crippen LogP contribution is -1.82. The second kappa shape index (κ2) is 2.48. The minimum Gasteiger partial charge on any atom is -0.0723 e. The van der Waals surface area contributed by atoms with Gasteiger partial charge in [-0.15, -0.1) is 0 Å². The fraction of sp³-hybridized carbons (Fsp3) is 0.200. The van der Waals surface area contributed by atoms with E-state index in [4.69, 9.17) is 0 Å². The fourth-order valence-corrected chi connectivity index (χ4v) is 1.29. The molecule has 0 saturated heterocycles. The van der Waals surface area contributed by atoms with E-state index in [0.717, 1.165) is 0 Å². The summed E-state index contributed by atoms with van der Waals surface area (Å²) in [7, 11) is 0. The number of hydrogen-bond donors (Lipinski definition) is 0. The Balaban J connectivity index is 2.69. The first-order valence-corrected chi connectivity index (χ1v) is 4.31. The summed E-state index contributed by atoms with van der Waals surface area (Å²) in [6, 6.07) is 0. The van der Waals surface area contributed by atoms with E-state index in [9.17, 15) is 0 Å². The molecule has 0 amide bonds. The Labute approximate surface area is 70.3 Å². The van der Waals surface area contributed by atoms with E-state index >= 15 is 0 Å². The van der Waals surface area contributed by atoms with Crippen LogP contribution in [0.3, 0.4) is 0 Å². The molecule has 0 radical (unpaired) electrons. The zero-order chi connectivity index (χ0) is 5.28. The highest BCUT2D eigenvalue weighted by atomic mass is 127. The van der Waals surface area contributed by atoms with Crippen molar-refractivity contribution in [3.05, 3.63) is 21.8 Å². The minimum atomic E-state index is 0.651. The third kappa shape index (κ3) is 1.42. The van der Waals surface area contributed by atoms with Gasteiger partial charge in [0.2, 0.25) is 0 Å². The van der Waals surface area contributed by atoms with Crippen LogP contribution in [0.4, 0.5) is 0 Å². The van der Waals surface area contributed by atoms with E-state index in [0.29, 0.717) is 3.92 Å². The highest BCUT2D eigenvalue weighted by molar-refractivity contribution is 14.1. The third-order valence-corrected chi connectivity index (χ3v) is 4.11.